The summed E-state index contributed by atoms with van der Waals surface area (Å²) < 4.78 is 7.26. The number of aromatic nitrogens is 2. The molecule has 2 aromatic heterocycles. The van der Waals surface area contributed by atoms with E-state index in [1.807, 2.05) is 43.3 Å². The molecule has 3 aromatic rings. The fraction of sp³-hybridized carbons (Fsp3) is 0.125. The molecule has 0 unspecified atom stereocenters. The van der Waals surface area contributed by atoms with E-state index in [1.54, 1.807) is 10.9 Å². The first-order valence-electron chi connectivity index (χ1n) is 6.49. The smallest absolute Gasteiger partial charge is 0.155 e. The highest BCUT2D eigenvalue weighted by Gasteiger charge is 2.14. The zero-order chi connectivity index (χ0) is 14.8. The van der Waals surface area contributed by atoms with Crippen LogP contribution in [0.3, 0.4) is 0 Å². The van der Waals surface area contributed by atoms with Gasteiger partial charge in [-0.15, -0.1) is 0 Å². The van der Waals surface area contributed by atoms with Crippen LogP contribution in [0.1, 0.15) is 21.7 Å². The molecule has 0 aliphatic rings. The Balaban J connectivity index is 1.92. The van der Waals surface area contributed by atoms with Gasteiger partial charge in [-0.05, 0) is 36.8 Å². The Morgan fingerprint density at radius 2 is 2.00 bits per heavy atom. The second kappa shape index (κ2) is 5.58. The predicted molar refractivity (Wildman–Crippen MR) is 80.6 cm³/mol. The number of hydrogen-bond donors (Lipinski definition) is 0. The Hall–Kier alpha value is -2.33. The Labute approximate surface area is 127 Å². The average molecular weight is 301 g/mol. The van der Waals surface area contributed by atoms with Gasteiger partial charge in [0.25, 0.3) is 0 Å². The van der Waals surface area contributed by atoms with Gasteiger partial charge in [-0.2, -0.15) is 5.10 Å². The molecule has 1 aromatic carbocycles. The zero-order valence-corrected chi connectivity index (χ0v) is 12.2. The van der Waals surface area contributed by atoms with Gasteiger partial charge in [0.1, 0.15) is 11.5 Å². The number of hydrogen-bond acceptors (Lipinski definition) is 3. The van der Waals surface area contributed by atoms with Crippen LogP contribution in [0.5, 0.6) is 0 Å². The van der Waals surface area contributed by atoms with E-state index in [9.17, 15) is 4.79 Å². The minimum atomic E-state index is 0.512. The molecule has 0 radical (unpaired) electrons. The summed E-state index contributed by atoms with van der Waals surface area (Å²) in [5.41, 5.74) is 2.13. The van der Waals surface area contributed by atoms with Crippen molar-refractivity contribution in [2.45, 2.75) is 13.5 Å². The molecule has 0 aliphatic carbocycles. The van der Waals surface area contributed by atoms with Crippen molar-refractivity contribution in [1.82, 2.24) is 9.78 Å². The summed E-state index contributed by atoms with van der Waals surface area (Å²) in [6.07, 6.45) is 2.51. The monoisotopic (exact) mass is 300 g/mol. The second-order valence-electron chi connectivity index (χ2n) is 4.79. The standard InChI is InChI=1S/C16H13ClN2O2/c1-11-2-7-15(21-11)16-13(10-20)9-19(18-16)8-12-3-5-14(17)6-4-12/h2-7,9-10H,8H2,1H3. The van der Waals surface area contributed by atoms with Crippen molar-refractivity contribution in [2.75, 3.05) is 0 Å². The van der Waals surface area contributed by atoms with Crippen LogP contribution in [0, 0.1) is 6.92 Å². The maximum absolute atomic E-state index is 11.2. The largest absolute Gasteiger partial charge is 0.460 e. The van der Waals surface area contributed by atoms with Gasteiger partial charge in [-0.1, -0.05) is 23.7 Å². The van der Waals surface area contributed by atoms with Crippen LogP contribution in [-0.4, -0.2) is 16.1 Å². The van der Waals surface area contributed by atoms with Crippen LogP contribution < -0.4 is 0 Å². The lowest BCUT2D eigenvalue weighted by Gasteiger charge is -2.01. The Morgan fingerprint density at radius 3 is 2.62 bits per heavy atom. The normalized spacial score (nSPS) is 10.8. The van der Waals surface area contributed by atoms with Crippen molar-refractivity contribution < 1.29 is 9.21 Å². The molecule has 3 rings (SSSR count). The Morgan fingerprint density at radius 1 is 1.24 bits per heavy atom. The third-order valence-corrected chi connectivity index (χ3v) is 3.40. The van der Waals surface area contributed by atoms with Gasteiger partial charge in [0, 0.05) is 11.2 Å². The van der Waals surface area contributed by atoms with Crippen molar-refractivity contribution in [3.63, 3.8) is 0 Å². The molecule has 0 atom stereocenters. The number of benzene rings is 1. The van der Waals surface area contributed by atoms with Gasteiger partial charge in [-0.3, -0.25) is 9.48 Å². The number of carbonyl (C=O) groups is 1. The number of aldehydes is 1. The molecule has 5 heteroatoms. The van der Waals surface area contributed by atoms with Crippen LogP contribution in [0.15, 0.2) is 47.0 Å². The molecule has 0 saturated heterocycles. The van der Waals surface area contributed by atoms with E-state index in [4.69, 9.17) is 16.0 Å². The molecule has 0 saturated carbocycles. The number of aryl methyl sites for hydroxylation is 1. The number of rotatable bonds is 4. The van der Waals surface area contributed by atoms with Crippen molar-refractivity contribution >= 4 is 17.9 Å². The van der Waals surface area contributed by atoms with E-state index in [0.29, 0.717) is 28.6 Å². The maximum Gasteiger partial charge on any atom is 0.155 e. The van der Waals surface area contributed by atoms with E-state index >= 15 is 0 Å². The van der Waals surface area contributed by atoms with Crippen molar-refractivity contribution in [3.05, 3.63) is 64.5 Å². The van der Waals surface area contributed by atoms with E-state index in [1.165, 1.54) is 0 Å². The van der Waals surface area contributed by atoms with Gasteiger partial charge in [0.2, 0.25) is 0 Å². The Bertz CT molecular complexity index is 772. The molecule has 0 aliphatic heterocycles. The van der Waals surface area contributed by atoms with Crippen LogP contribution >= 0.6 is 11.6 Å². The highest BCUT2D eigenvalue weighted by molar-refractivity contribution is 6.30. The molecular weight excluding hydrogens is 288 g/mol. The van der Waals surface area contributed by atoms with Crippen LogP contribution in [0.25, 0.3) is 11.5 Å². The molecule has 4 nitrogen and oxygen atoms in total. The number of nitrogens with zero attached hydrogens (tertiary/aromatic N) is 2. The average Bonchev–Trinajstić information content (AvgIpc) is 3.07. The summed E-state index contributed by atoms with van der Waals surface area (Å²) in [6, 6.07) is 11.2. The first-order valence-corrected chi connectivity index (χ1v) is 6.87. The van der Waals surface area contributed by atoms with Crippen LogP contribution in [0.4, 0.5) is 0 Å². The maximum atomic E-state index is 11.2. The summed E-state index contributed by atoms with van der Waals surface area (Å²) in [6.45, 7) is 2.42. The Kier molecular flexibility index (Phi) is 3.62. The first-order chi connectivity index (χ1) is 10.2. The predicted octanol–water partition coefficient (Wildman–Crippen LogP) is 3.97. The van der Waals surface area contributed by atoms with Crippen molar-refractivity contribution in [2.24, 2.45) is 0 Å². The zero-order valence-electron chi connectivity index (χ0n) is 11.4. The highest BCUT2D eigenvalue weighted by Crippen LogP contribution is 2.23. The minimum absolute atomic E-state index is 0.512. The molecule has 2 heterocycles. The SMILES string of the molecule is Cc1ccc(-c2nn(Cc3ccc(Cl)cc3)cc2C=O)o1. The lowest BCUT2D eigenvalue weighted by molar-refractivity contribution is 0.112. The van der Waals surface area contributed by atoms with Gasteiger partial charge >= 0.3 is 0 Å². The summed E-state index contributed by atoms with van der Waals surface area (Å²) in [7, 11) is 0. The van der Waals surface area contributed by atoms with Crippen molar-refractivity contribution in [3.8, 4) is 11.5 Å². The van der Waals surface area contributed by atoms with Crippen LogP contribution in [-0.2, 0) is 6.54 Å². The number of carbonyl (C=O) groups excluding carboxylic acids is 1. The fourth-order valence-electron chi connectivity index (χ4n) is 2.13. The van der Waals surface area contributed by atoms with E-state index in [2.05, 4.69) is 5.10 Å². The van der Waals surface area contributed by atoms with Crippen molar-refractivity contribution in [1.29, 1.82) is 0 Å². The molecule has 21 heavy (non-hydrogen) atoms. The third-order valence-electron chi connectivity index (χ3n) is 3.15. The molecule has 0 bridgehead atoms. The molecule has 0 N–H and O–H groups in total. The summed E-state index contributed by atoms with van der Waals surface area (Å²) in [5.74, 6) is 1.39. The second-order valence-corrected chi connectivity index (χ2v) is 5.22. The molecule has 106 valence electrons. The quantitative estimate of drug-likeness (QED) is 0.685. The van der Waals surface area contributed by atoms with E-state index in [-0.39, 0.29) is 0 Å². The van der Waals surface area contributed by atoms with Gasteiger partial charge in [0.05, 0.1) is 12.1 Å². The molecule has 0 amide bonds. The summed E-state index contributed by atoms with van der Waals surface area (Å²) in [5, 5.41) is 5.14. The van der Waals surface area contributed by atoms with Gasteiger partial charge in [-0.25, -0.2) is 0 Å². The van der Waals surface area contributed by atoms with Crippen LogP contribution in [0.2, 0.25) is 5.02 Å². The first kappa shape index (κ1) is 13.6. The van der Waals surface area contributed by atoms with E-state index < -0.39 is 0 Å². The number of halogens is 1. The molecule has 0 fully saturated rings. The summed E-state index contributed by atoms with van der Waals surface area (Å²) >= 11 is 5.87. The highest BCUT2D eigenvalue weighted by atomic mass is 35.5. The third kappa shape index (κ3) is 2.90. The molecular formula is C16H13ClN2O2. The molecule has 0 spiro atoms. The fourth-order valence-corrected chi connectivity index (χ4v) is 2.26. The lowest BCUT2D eigenvalue weighted by Crippen LogP contribution is -2.00. The number of furan rings is 1. The van der Waals surface area contributed by atoms with Gasteiger partial charge in [0.15, 0.2) is 12.0 Å². The van der Waals surface area contributed by atoms with E-state index in [0.717, 1.165) is 17.6 Å². The topological polar surface area (TPSA) is 48.0 Å². The lowest BCUT2D eigenvalue weighted by atomic mass is 10.2. The summed E-state index contributed by atoms with van der Waals surface area (Å²) in [4.78, 5) is 11.2. The minimum Gasteiger partial charge on any atom is -0.460 e. The van der Waals surface area contributed by atoms with Gasteiger partial charge < -0.3 is 4.42 Å².